The van der Waals surface area contributed by atoms with Crippen molar-refractivity contribution in [3.05, 3.63) is 64.7 Å². The summed E-state index contributed by atoms with van der Waals surface area (Å²) >= 11 is 0. The quantitative estimate of drug-likeness (QED) is 0.535. The van der Waals surface area contributed by atoms with Crippen LogP contribution in [0.25, 0.3) is 11.9 Å². The van der Waals surface area contributed by atoms with Crippen molar-refractivity contribution < 1.29 is 14.3 Å². The first-order valence-electron chi connectivity index (χ1n) is 8.51. The van der Waals surface area contributed by atoms with Crippen LogP contribution in [0.15, 0.2) is 36.5 Å². The first-order chi connectivity index (χ1) is 12.6. The molecule has 26 heavy (non-hydrogen) atoms. The third-order valence-electron chi connectivity index (χ3n) is 4.30. The molecule has 0 spiro atoms. The first-order valence-corrected chi connectivity index (χ1v) is 8.51. The second-order valence-electron chi connectivity index (χ2n) is 6.35. The third-order valence-corrected chi connectivity index (χ3v) is 4.30. The molecule has 3 heterocycles. The van der Waals surface area contributed by atoms with Crippen molar-refractivity contribution in [3.63, 3.8) is 0 Å². The van der Waals surface area contributed by atoms with Gasteiger partial charge in [0.15, 0.2) is 0 Å². The number of benzene rings is 1. The minimum absolute atomic E-state index is 0.114. The van der Waals surface area contributed by atoms with Crippen LogP contribution in [0.1, 0.15) is 28.2 Å². The van der Waals surface area contributed by atoms with Crippen LogP contribution in [0.2, 0.25) is 0 Å². The van der Waals surface area contributed by atoms with E-state index < -0.39 is 5.97 Å². The molecule has 0 aliphatic carbocycles. The van der Waals surface area contributed by atoms with Crippen molar-refractivity contribution in [3.8, 4) is 5.75 Å². The molecule has 4 rings (SSSR count). The molecule has 0 radical (unpaired) electrons. The number of aryl methyl sites for hydroxylation is 2. The Balaban J connectivity index is 1.40. The zero-order valence-corrected chi connectivity index (χ0v) is 14.7. The molecule has 3 aromatic rings. The second kappa shape index (κ2) is 6.63. The zero-order valence-electron chi connectivity index (χ0n) is 14.7. The Labute approximate surface area is 151 Å². The van der Waals surface area contributed by atoms with Gasteiger partial charge in [0, 0.05) is 30.1 Å². The van der Waals surface area contributed by atoms with Crippen LogP contribution < -0.4 is 4.74 Å². The molecule has 0 bridgehead atoms. The molecule has 0 saturated heterocycles. The van der Waals surface area contributed by atoms with Crippen molar-refractivity contribution in [2.75, 3.05) is 6.61 Å². The Hall–Kier alpha value is -3.15. The fraction of sp³-hybridized carbons (Fsp3) is 0.250. The van der Waals surface area contributed by atoms with Crippen LogP contribution in [0, 0.1) is 13.8 Å². The average Bonchev–Trinajstić information content (AvgIpc) is 3.24. The van der Waals surface area contributed by atoms with Crippen LogP contribution in [0.5, 0.6) is 5.75 Å². The highest BCUT2D eigenvalue weighted by Crippen LogP contribution is 2.26. The molecule has 0 fully saturated rings. The number of aromatic nitrogens is 3. The highest BCUT2D eigenvalue weighted by atomic mass is 16.5. The standard InChI is InChI=1S/C20H19N3O3/c1-13-9-14(2)23-11-17(22-20(23)21-13)12-26-19(24)6-4-15-3-5-18-16(10-15)7-8-25-18/h3-6,9-11H,7-8,12H2,1-2H3/b6-4+. The van der Waals surface area contributed by atoms with Crippen molar-refractivity contribution in [1.29, 1.82) is 0 Å². The predicted molar refractivity (Wildman–Crippen MR) is 96.9 cm³/mol. The van der Waals surface area contributed by atoms with Gasteiger partial charge in [0.25, 0.3) is 0 Å². The second-order valence-corrected chi connectivity index (χ2v) is 6.35. The number of carbonyl (C=O) groups excluding carboxylic acids is 1. The van der Waals surface area contributed by atoms with Crippen molar-refractivity contribution in [2.45, 2.75) is 26.9 Å². The molecule has 132 valence electrons. The van der Waals surface area contributed by atoms with E-state index in [9.17, 15) is 4.79 Å². The van der Waals surface area contributed by atoms with Gasteiger partial charge in [-0.2, -0.15) is 0 Å². The summed E-state index contributed by atoms with van der Waals surface area (Å²) in [5, 5.41) is 0. The summed E-state index contributed by atoms with van der Waals surface area (Å²) in [6.07, 6.45) is 5.93. The molecular weight excluding hydrogens is 330 g/mol. The molecule has 1 aliphatic rings. The number of carbonyl (C=O) groups is 1. The van der Waals surface area contributed by atoms with E-state index in [4.69, 9.17) is 9.47 Å². The fourth-order valence-corrected chi connectivity index (χ4v) is 3.06. The number of hydrogen-bond acceptors (Lipinski definition) is 5. The largest absolute Gasteiger partial charge is 0.493 e. The van der Waals surface area contributed by atoms with Gasteiger partial charge in [-0.15, -0.1) is 0 Å². The van der Waals surface area contributed by atoms with Gasteiger partial charge in [0.2, 0.25) is 5.78 Å². The summed E-state index contributed by atoms with van der Waals surface area (Å²) in [6.45, 7) is 4.75. The summed E-state index contributed by atoms with van der Waals surface area (Å²) in [7, 11) is 0. The Bertz CT molecular complexity index is 1020. The van der Waals surface area contributed by atoms with Gasteiger partial charge >= 0.3 is 5.97 Å². The number of imidazole rings is 1. The number of rotatable bonds is 4. The zero-order chi connectivity index (χ0) is 18.1. The van der Waals surface area contributed by atoms with Crippen LogP contribution in [0.4, 0.5) is 0 Å². The first kappa shape index (κ1) is 16.3. The Morgan fingerprint density at radius 2 is 2.19 bits per heavy atom. The molecule has 6 nitrogen and oxygen atoms in total. The minimum atomic E-state index is -0.403. The lowest BCUT2D eigenvalue weighted by molar-refractivity contribution is -0.139. The van der Waals surface area contributed by atoms with Gasteiger partial charge in [-0.3, -0.25) is 4.40 Å². The van der Waals surface area contributed by atoms with E-state index in [2.05, 4.69) is 9.97 Å². The van der Waals surface area contributed by atoms with Crippen LogP contribution in [-0.4, -0.2) is 26.9 Å². The Morgan fingerprint density at radius 1 is 1.31 bits per heavy atom. The van der Waals surface area contributed by atoms with Gasteiger partial charge in [-0.05, 0) is 49.2 Å². The molecule has 2 aromatic heterocycles. The molecule has 0 saturated carbocycles. The van der Waals surface area contributed by atoms with Crippen molar-refractivity contribution in [1.82, 2.24) is 14.4 Å². The van der Waals surface area contributed by atoms with Crippen LogP contribution in [0.3, 0.4) is 0 Å². The average molecular weight is 349 g/mol. The molecule has 1 aliphatic heterocycles. The van der Waals surface area contributed by atoms with E-state index in [0.29, 0.717) is 11.5 Å². The van der Waals surface area contributed by atoms with Gasteiger partial charge in [-0.1, -0.05) is 6.07 Å². The number of esters is 1. The molecular formula is C20H19N3O3. The van der Waals surface area contributed by atoms with Crippen molar-refractivity contribution in [2.24, 2.45) is 0 Å². The fourth-order valence-electron chi connectivity index (χ4n) is 3.06. The highest BCUT2D eigenvalue weighted by Gasteiger charge is 2.11. The van der Waals surface area contributed by atoms with E-state index in [1.807, 2.05) is 48.7 Å². The monoisotopic (exact) mass is 349 g/mol. The van der Waals surface area contributed by atoms with E-state index in [0.717, 1.165) is 35.7 Å². The lowest BCUT2D eigenvalue weighted by Gasteiger charge is -2.00. The normalized spacial score (nSPS) is 13.2. The summed E-state index contributed by atoms with van der Waals surface area (Å²) in [5.74, 6) is 1.14. The molecule has 0 unspecified atom stereocenters. The van der Waals surface area contributed by atoms with E-state index >= 15 is 0 Å². The number of fused-ring (bicyclic) bond motifs is 2. The predicted octanol–water partition coefficient (Wildman–Crippen LogP) is 3.04. The van der Waals surface area contributed by atoms with E-state index in [-0.39, 0.29) is 6.61 Å². The van der Waals surface area contributed by atoms with Crippen molar-refractivity contribution >= 4 is 17.8 Å². The molecule has 6 heteroatoms. The van der Waals surface area contributed by atoms with Crippen LogP contribution >= 0.6 is 0 Å². The number of hydrogen-bond donors (Lipinski definition) is 0. The van der Waals surface area contributed by atoms with Crippen LogP contribution in [-0.2, 0) is 22.6 Å². The SMILES string of the molecule is Cc1cc(C)n2cc(COC(=O)/C=C/c3ccc4c(c3)CCO4)nc2n1. The Morgan fingerprint density at radius 3 is 3.08 bits per heavy atom. The van der Waals surface area contributed by atoms with Gasteiger partial charge < -0.3 is 9.47 Å². The maximum Gasteiger partial charge on any atom is 0.331 e. The smallest absolute Gasteiger partial charge is 0.331 e. The maximum absolute atomic E-state index is 12.0. The van der Waals surface area contributed by atoms with E-state index in [1.54, 1.807) is 6.08 Å². The Kier molecular flexibility index (Phi) is 4.16. The van der Waals surface area contributed by atoms with Gasteiger partial charge in [0.05, 0.1) is 12.3 Å². The summed E-state index contributed by atoms with van der Waals surface area (Å²) < 4.78 is 12.7. The highest BCUT2D eigenvalue weighted by molar-refractivity contribution is 5.87. The van der Waals surface area contributed by atoms with E-state index in [1.165, 1.54) is 11.6 Å². The number of nitrogens with zero attached hydrogens (tertiary/aromatic N) is 3. The lowest BCUT2D eigenvalue weighted by Crippen LogP contribution is -2.00. The molecule has 1 aromatic carbocycles. The molecule has 0 N–H and O–H groups in total. The summed E-state index contributed by atoms with van der Waals surface area (Å²) in [6, 6.07) is 7.87. The summed E-state index contributed by atoms with van der Waals surface area (Å²) in [5.41, 5.74) is 4.74. The third kappa shape index (κ3) is 3.31. The maximum atomic E-state index is 12.0. The van der Waals surface area contributed by atoms with Gasteiger partial charge in [0.1, 0.15) is 12.4 Å². The minimum Gasteiger partial charge on any atom is -0.493 e. The van der Waals surface area contributed by atoms with Gasteiger partial charge in [-0.25, -0.2) is 14.8 Å². The number of ether oxygens (including phenoxy) is 2. The molecule has 0 atom stereocenters. The lowest BCUT2D eigenvalue weighted by atomic mass is 10.1. The summed E-state index contributed by atoms with van der Waals surface area (Å²) in [4.78, 5) is 20.8. The topological polar surface area (TPSA) is 65.7 Å². The molecule has 0 amide bonds.